The minimum absolute atomic E-state index is 0.854. The molecule has 0 aliphatic heterocycles. The first-order chi connectivity index (χ1) is 32.7. The minimum Gasteiger partial charge on any atom is -0.455 e. The van der Waals surface area contributed by atoms with Gasteiger partial charge in [-0.3, -0.25) is 0 Å². The van der Waals surface area contributed by atoms with E-state index in [9.17, 15) is 0 Å². The molecule has 0 radical (unpaired) electrons. The van der Waals surface area contributed by atoms with Gasteiger partial charge in [0.1, 0.15) is 11.2 Å². The van der Waals surface area contributed by atoms with Crippen molar-refractivity contribution in [1.82, 2.24) is 4.57 Å². The van der Waals surface area contributed by atoms with Crippen molar-refractivity contribution in [3.8, 4) is 27.9 Å². The fraction of sp³-hybridized carbons (Fsp3) is 0. The topological polar surface area (TPSA) is 21.3 Å². The summed E-state index contributed by atoms with van der Waals surface area (Å²) < 4.78 is 12.1. The Bertz CT molecular complexity index is 4210. The smallest absolute Gasteiger partial charge is 0.145 e. The van der Waals surface area contributed by atoms with Gasteiger partial charge in [-0.05, 0) is 100 Å². The van der Waals surface area contributed by atoms with Gasteiger partial charge >= 0.3 is 0 Å². The molecule has 0 unspecified atom stereocenters. The quantitative estimate of drug-likeness (QED) is 0.155. The molecule has 0 saturated carbocycles. The van der Waals surface area contributed by atoms with Crippen LogP contribution in [-0.4, -0.2) is 4.57 Å². The van der Waals surface area contributed by atoms with Crippen LogP contribution in [0.1, 0.15) is 0 Å². The predicted molar refractivity (Wildman–Crippen MR) is 282 cm³/mol. The van der Waals surface area contributed by atoms with Crippen LogP contribution < -0.4 is 4.90 Å². The minimum atomic E-state index is 0.854. The number of thiophene rings is 1. The Hall–Kier alpha value is -8.44. The van der Waals surface area contributed by atoms with Crippen LogP contribution in [-0.2, 0) is 0 Å². The summed E-state index contributed by atoms with van der Waals surface area (Å²) in [6, 6.07) is 84.2. The standard InChI is InChI=1S/C62H38N2OS/c1-2-19-43-39(16-1)38-57(46-22-4-3-21-45(43)46)64(53-27-10-5-20-44(53)40-32-35-60-52(37-40)50-26-9-14-31-59(50)66-60)56-34-33-51-49-25-8-13-30-58(49)65-62(51)61(56)41-17-15-18-42(36-41)63-54-28-11-6-23-47(54)48-24-7-12-29-55(48)63/h1-38H. The zero-order valence-electron chi connectivity index (χ0n) is 35.7. The van der Waals surface area contributed by atoms with Gasteiger partial charge in [0.2, 0.25) is 0 Å². The first kappa shape index (κ1) is 37.0. The molecule has 3 aromatic heterocycles. The van der Waals surface area contributed by atoms with E-state index < -0.39 is 0 Å². The van der Waals surface area contributed by atoms with Gasteiger partial charge < -0.3 is 13.9 Å². The van der Waals surface area contributed by atoms with E-state index in [4.69, 9.17) is 4.42 Å². The van der Waals surface area contributed by atoms with Crippen LogP contribution in [0.3, 0.4) is 0 Å². The first-order valence-electron chi connectivity index (χ1n) is 22.5. The maximum absolute atomic E-state index is 7.09. The van der Waals surface area contributed by atoms with E-state index in [1.165, 1.54) is 63.5 Å². The second-order valence-corrected chi connectivity index (χ2v) is 18.3. The number of rotatable bonds is 6. The molecule has 308 valence electrons. The average molecular weight is 859 g/mol. The number of fused-ring (bicyclic) bond motifs is 12. The van der Waals surface area contributed by atoms with Crippen LogP contribution in [0.2, 0.25) is 0 Å². The number of furan rings is 1. The van der Waals surface area contributed by atoms with Gasteiger partial charge in [-0.2, -0.15) is 0 Å². The lowest BCUT2D eigenvalue weighted by molar-refractivity contribution is 0.670. The highest BCUT2D eigenvalue weighted by Gasteiger charge is 2.27. The lowest BCUT2D eigenvalue weighted by Crippen LogP contribution is -2.13. The average Bonchev–Trinajstić information content (AvgIpc) is 4.06. The number of para-hydroxylation sites is 4. The number of aromatic nitrogens is 1. The maximum Gasteiger partial charge on any atom is 0.145 e. The molecule has 0 atom stereocenters. The number of hydrogen-bond donors (Lipinski definition) is 0. The summed E-state index contributed by atoms with van der Waals surface area (Å²) in [5.41, 5.74) is 12.7. The van der Waals surface area contributed by atoms with Gasteiger partial charge in [-0.15, -0.1) is 11.3 Å². The van der Waals surface area contributed by atoms with Crippen molar-refractivity contribution in [3.05, 3.63) is 231 Å². The Kier molecular flexibility index (Phi) is 8.15. The van der Waals surface area contributed by atoms with Gasteiger partial charge in [-0.1, -0.05) is 158 Å². The zero-order chi connectivity index (χ0) is 43.3. The SMILES string of the molecule is c1cc(-c2c(N(c3ccccc3-c3ccc4sc5ccccc5c4c3)c3cc4ccccc4c4ccccc34)ccc3c2oc2ccccc23)cc(-n2c3ccccc3c3ccccc32)c1. The highest BCUT2D eigenvalue weighted by molar-refractivity contribution is 7.25. The normalized spacial score (nSPS) is 11.9. The highest BCUT2D eigenvalue weighted by atomic mass is 32.1. The fourth-order valence-corrected chi connectivity index (χ4v) is 11.7. The first-order valence-corrected chi connectivity index (χ1v) is 23.3. The van der Waals surface area contributed by atoms with Crippen molar-refractivity contribution >= 4 is 114 Å². The van der Waals surface area contributed by atoms with E-state index in [0.717, 1.165) is 66.9 Å². The van der Waals surface area contributed by atoms with Gasteiger partial charge in [-0.25, -0.2) is 0 Å². The van der Waals surface area contributed by atoms with Gasteiger partial charge in [0.15, 0.2) is 0 Å². The molecular weight excluding hydrogens is 821 g/mol. The monoisotopic (exact) mass is 858 g/mol. The molecule has 14 rings (SSSR count). The van der Waals surface area contributed by atoms with Crippen molar-refractivity contribution in [1.29, 1.82) is 0 Å². The van der Waals surface area contributed by atoms with Crippen molar-refractivity contribution in [2.45, 2.75) is 0 Å². The Balaban J connectivity index is 1.10. The fourth-order valence-electron chi connectivity index (χ4n) is 10.7. The lowest BCUT2D eigenvalue weighted by atomic mass is 9.94. The molecule has 0 spiro atoms. The summed E-state index contributed by atoms with van der Waals surface area (Å²) in [5, 5.41) is 12.0. The lowest BCUT2D eigenvalue weighted by Gasteiger charge is -2.31. The third-order valence-electron chi connectivity index (χ3n) is 13.6. The van der Waals surface area contributed by atoms with Crippen molar-refractivity contribution in [2.24, 2.45) is 0 Å². The number of anilines is 3. The van der Waals surface area contributed by atoms with Crippen molar-refractivity contribution in [2.75, 3.05) is 4.90 Å². The Morgan fingerprint density at radius 1 is 0.364 bits per heavy atom. The van der Waals surface area contributed by atoms with Crippen LogP contribution in [0.5, 0.6) is 0 Å². The predicted octanol–water partition coefficient (Wildman–Crippen LogP) is 18.2. The maximum atomic E-state index is 7.09. The van der Waals surface area contributed by atoms with E-state index >= 15 is 0 Å². The van der Waals surface area contributed by atoms with E-state index in [0.29, 0.717) is 0 Å². The Labute approximate surface area is 384 Å². The summed E-state index contributed by atoms with van der Waals surface area (Å²) in [5.74, 6) is 0. The van der Waals surface area contributed by atoms with E-state index in [2.05, 4.69) is 240 Å². The molecule has 14 aromatic rings. The molecule has 66 heavy (non-hydrogen) atoms. The van der Waals surface area contributed by atoms with Crippen LogP contribution in [0, 0.1) is 0 Å². The molecular formula is C62H38N2OS. The molecule has 0 aliphatic carbocycles. The van der Waals surface area contributed by atoms with Gasteiger partial charge in [0.05, 0.1) is 28.1 Å². The molecule has 4 heteroatoms. The molecule has 11 aromatic carbocycles. The third-order valence-corrected chi connectivity index (χ3v) is 14.7. The van der Waals surface area contributed by atoms with Crippen molar-refractivity contribution in [3.63, 3.8) is 0 Å². The van der Waals surface area contributed by atoms with E-state index in [-0.39, 0.29) is 0 Å². The molecule has 3 nitrogen and oxygen atoms in total. The summed E-state index contributed by atoms with van der Waals surface area (Å²) in [6.45, 7) is 0. The highest BCUT2D eigenvalue weighted by Crippen LogP contribution is 2.51. The molecule has 3 heterocycles. The van der Waals surface area contributed by atoms with Crippen LogP contribution in [0.15, 0.2) is 235 Å². The number of hydrogen-bond acceptors (Lipinski definition) is 3. The number of benzene rings is 11. The van der Waals surface area contributed by atoms with Gasteiger partial charge in [0, 0.05) is 63.9 Å². The van der Waals surface area contributed by atoms with Crippen LogP contribution in [0.25, 0.3) is 113 Å². The Morgan fingerprint density at radius 2 is 1.02 bits per heavy atom. The molecule has 0 bridgehead atoms. The summed E-state index contributed by atoms with van der Waals surface area (Å²) in [4.78, 5) is 2.51. The van der Waals surface area contributed by atoms with Crippen LogP contribution >= 0.6 is 11.3 Å². The van der Waals surface area contributed by atoms with E-state index in [1.54, 1.807) is 0 Å². The van der Waals surface area contributed by atoms with Crippen LogP contribution in [0.4, 0.5) is 17.1 Å². The third kappa shape index (κ3) is 5.55. The summed E-state index contributed by atoms with van der Waals surface area (Å²) in [7, 11) is 0. The Morgan fingerprint density at radius 3 is 1.85 bits per heavy atom. The zero-order valence-corrected chi connectivity index (χ0v) is 36.5. The molecule has 0 N–H and O–H groups in total. The molecule has 0 saturated heterocycles. The summed E-state index contributed by atoms with van der Waals surface area (Å²) >= 11 is 1.85. The summed E-state index contributed by atoms with van der Waals surface area (Å²) in [6.07, 6.45) is 0. The van der Waals surface area contributed by atoms with Gasteiger partial charge in [0.25, 0.3) is 0 Å². The second-order valence-electron chi connectivity index (χ2n) is 17.2. The number of nitrogens with zero attached hydrogens (tertiary/aromatic N) is 2. The molecule has 0 aliphatic rings. The van der Waals surface area contributed by atoms with E-state index in [1.807, 2.05) is 11.3 Å². The van der Waals surface area contributed by atoms with Crippen molar-refractivity contribution < 1.29 is 4.42 Å². The molecule has 0 amide bonds. The molecule has 0 fully saturated rings. The second kappa shape index (κ2) is 14.5. The largest absolute Gasteiger partial charge is 0.455 e.